The highest BCUT2D eigenvalue weighted by Gasteiger charge is 2.19. The van der Waals surface area contributed by atoms with E-state index in [1.807, 2.05) is 90.4 Å². The van der Waals surface area contributed by atoms with Crippen LogP contribution in [0.4, 0.5) is 0 Å². The van der Waals surface area contributed by atoms with Gasteiger partial charge >= 0.3 is 0 Å². The zero-order chi connectivity index (χ0) is 23.9. The van der Waals surface area contributed by atoms with Crippen LogP contribution in [0.1, 0.15) is 19.4 Å². The quantitative estimate of drug-likeness (QED) is 0.334. The van der Waals surface area contributed by atoms with Crippen LogP contribution in [0.25, 0.3) is 16.7 Å². The number of hydrogen-bond acceptors (Lipinski definition) is 5. The van der Waals surface area contributed by atoms with E-state index in [1.165, 1.54) is 18.7 Å². The van der Waals surface area contributed by atoms with Crippen LogP contribution in [0.3, 0.4) is 0 Å². The van der Waals surface area contributed by atoms with E-state index in [-0.39, 0.29) is 17.4 Å². The van der Waals surface area contributed by atoms with E-state index < -0.39 is 6.04 Å². The molecule has 1 aromatic heterocycles. The molecule has 0 radical (unpaired) electrons. The van der Waals surface area contributed by atoms with Gasteiger partial charge < -0.3 is 10.1 Å². The zero-order valence-electron chi connectivity index (χ0n) is 19.2. The maximum atomic E-state index is 12.8. The van der Waals surface area contributed by atoms with E-state index in [4.69, 9.17) is 9.72 Å². The van der Waals surface area contributed by atoms with Gasteiger partial charge in [-0.3, -0.25) is 14.2 Å². The molecule has 0 saturated heterocycles. The molecule has 174 valence electrons. The summed E-state index contributed by atoms with van der Waals surface area (Å²) in [6.07, 6.45) is 0.470. The van der Waals surface area contributed by atoms with Gasteiger partial charge in [0.1, 0.15) is 5.75 Å². The minimum Gasteiger partial charge on any atom is -0.494 e. The summed E-state index contributed by atoms with van der Waals surface area (Å²) < 4.78 is 7.60. The molecular formula is C27H27N3O3S. The molecule has 0 aliphatic rings. The number of ether oxygens (including phenoxy) is 1. The van der Waals surface area contributed by atoms with Crippen molar-refractivity contribution < 1.29 is 14.3 Å². The molecule has 1 atom stereocenters. The molecule has 34 heavy (non-hydrogen) atoms. The Labute approximate surface area is 203 Å². The molecule has 0 unspecified atom stereocenters. The number of fused-ring (bicyclic) bond motifs is 1. The van der Waals surface area contributed by atoms with Gasteiger partial charge in [-0.1, -0.05) is 54.2 Å². The summed E-state index contributed by atoms with van der Waals surface area (Å²) in [5.74, 6) is 0.687. The number of Topliss-reactive ketones (excluding diaryl/α,β-unsaturated/α-hetero) is 1. The van der Waals surface area contributed by atoms with E-state index in [0.29, 0.717) is 18.2 Å². The SMILES string of the molecule is CCOc1ccc(-n2c(SCC(=O)N[C@@H](Cc3ccccc3)C(C)=O)nc3ccccc32)cc1. The Hall–Kier alpha value is -3.58. The lowest BCUT2D eigenvalue weighted by Gasteiger charge is -2.16. The van der Waals surface area contributed by atoms with Crippen LogP contribution < -0.4 is 10.1 Å². The summed E-state index contributed by atoms with van der Waals surface area (Å²) in [4.78, 5) is 29.7. The van der Waals surface area contributed by atoms with Crippen LogP contribution in [-0.2, 0) is 16.0 Å². The number of carbonyl (C=O) groups is 2. The van der Waals surface area contributed by atoms with Gasteiger partial charge in [-0.2, -0.15) is 0 Å². The first-order valence-electron chi connectivity index (χ1n) is 11.2. The van der Waals surface area contributed by atoms with Gasteiger partial charge in [-0.15, -0.1) is 0 Å². The summed E-state index contributed by atoms with van der Waals surface area (Å²) in [5, 5.41) is 3.60. The Morgan fingerprint density at radius 3 is 2.41 bits per heavy atom. The molecule has 1 heterocycles. The monoisotopic (exact) mass is 473 g/mol. The molecule has 1 N–H and O–H groups in total. The predicted octanol–water partition coefficient (Wildman–Crippen LogP) is 4.83. The fourth-order valence-electron chi connectivity index (χ4n) is 3.72. The molecule has 0 saturated carbocycles. The normalized spacial score (nSPS) is 11.8. The highest BCUT2D eigenvalue weighted by Crippen LogP contribution is 2.29. The number of nitrogens with zero attached hydrogens (tertiary/aromatic N) is 2. The number of imidazole rings is 1. The van der Waals surface area contributed by atoms with Gasteiger partial charge in [-0.05, 0) is 62.2 Å². The molecule has 7 heteroatoms. The van der Waals surface area contributed by atoms with Crippen molar-refractivity contribution in [3.63, 3.8) is 0 Å². The van der Waals surface area contributed by atoms with Crippen molar-refractivity contribution in [1.29, 1.82) is 0 Å². The van der Waals surface area contributed by atoms with Crippen LogP contribution in [0.15, 0.2) is 84.0 Å². The second kappa shape index (κ2) is 11.0. The highest BCUT2D eigenvalue weighted by molar-refractivity contribution is 7.99. The van der Waals surface area contributed by atoms with Crippen LogP contribution in [-0.4, -0.2) is 39.6 Å². The largest absolute Gasteiger partial charge is 0.494 e. The smallest absolute Gasteiger partial charge is 0.231 e. The highest BCUT2D eigenvalue weighted by atomic mass is 32.2. The summed E-state index contributed by atoms with van der Waals surface area (Å²) in [6.45, 7) is 4.06. The van der Waals surface area contributed by atoms with Gasteiger partial charge in [0.2, 0.25) is 5.91 Å². The van der Waals surface area contributed by atoms with Crippen molar-refractivity contribution >= 4 is 34.5 Å². The number of nitrogens with one attached hydrogen (secondary N) is 1. The summed E-state index contributed by atoms with van der Waals surface area (Å²) in [5.41, 5.74) is 3.75. The molecule has 0 aliphatic heterocycles. The minimum absolute atomic E-state index is 0.0659. The van der Waals surface area contributed by atoms with Crippen molar-refractivity contribution in [2.45, 2.75) is 31.5 Å². The third-order valence-electron chi connectivity index (χ3n) is 5.38. The van der Waals surface area contributed by atoms with Gasteiger partial charge in [0.05, 0.1) is 29.4 Å². The summed E-state index contributed by atoms with van der Waals surface area (Å²) >= 11 is 1.35. The first-order valence-corrected chi connectivity index (χ1v) is 12.2. The fourth-order valence-corrected chi connectivity index (χ4v) is 4.56. The molecule has 6 nitrogen and oxygen atoms in total. The van der Waals surface area contributed by atoms with E-state index in [9.17, 15) is 9.59 Å². The van der Waals surface area contributed by atoms with Crippen LogP contribution in [0.2, 0.25) is 0 Å². The standard InChI is InChI=1S/C27H27N3O3S/c1-3-33-22-15-13-21(14-16-22)30-25-12-8-7-11-23(25)29-27(30)34-18-26(32)28-24(19(2)31)17-20-9-5-4-6-10-20/h4-16,24H,3,17-18H2,1-2H3,(H,28,32)/t24-/m0/s1. The Kier molecular flexibility index (Phi) is 7.65. The van der Waals surface area contributed by atoms with Gasteiger partial charge in [0, 0.05) is 5.69 Å². The third kappa shape index (κ3) is 5.66. The van der Waals surface area contributed by atoms with E-state index in [0.717, 1.165) is 28.0 Å². The van der Waals surface area contributed by atoms with Gasteiger partial charge in [0.15, 0.2) is 10.9 Å². The lowest BCUT2D eigenvalue weighted by molar-refractivity contribution is -0.125. The molecule has 4 rings (SSSR count). The lowest BCUT2D eigenvalue weighted by atomic mass is 10.0. The van der Waals surface area contributed by atoms with Crippen molar-refractivity contribution in [2.75, 3.05) is 12.4 Å². The summed E-state index contributed by atoms with van der Waals surface area (Å²) in [6, 6.07) is 24.8. The maximum absolute atomic E-state index is 12.8. The number of benzene rings is 3. The lowest BCUT2D eigenvalue weighted by Crippen LogP contribution is -2.42. The topological polar surface area (TPSA) is 73.2 Å². The number of rotatable bonds is 10. The average Bonchev–Trinajstić information content (AvgIpc) is 3.22. The maximum Gasteiger partial charge on any atom is 0.231 e. The van der Waals surface area contributed by atoms with Crippen molar-refractivity contribution in [3.8, 4) is 11.4 Å². The average molecular weight is 474 g/mol. The zero-order valence-corrected chi connectivity index (χ0v) is 20.0. The molecular weight excluding hydrogens is 446 g/mol. The van der Waals surface area contributed by atoms with E-state index in [2.05, 4.69) is 5.32 Å². The molecule has 0 fully saturated rings. The molecule has 0 aliphatic carbocycles. The fraction of sp³-hybridized carbons (Fsp3) is 0.222. The first kappa shape index (κ1) is 23.6. The van der Waals surface area contributed by atoms with Crippen molar-refractivity contribution in [1.82, 2.24) is 14.9 Å². The number of ketones is 1. The molecule has 3 aromatic carbocycles. The van der Waals surface area contributed by atoms with Crippen molar-refractivity contribution in [2.24, 2.45) is 0 Å². The van der Waals surface area contributed by atoms with Crippen molar-refractivity contribution in [3.05, 3.63) is 84.4 Å². The second-order valence-electron chi connectivity index (χ2n) is 7.85. The number of aromatic nitrogens is 2. The Morgan fingerprint density at radius 1 is 1.00 bits per heavy atom. The predicted molar refractivity (Wildman–Crippen MR) is 136 cm³/mol. The third-order valence-corrected chi connectivity index (χ3v) is 6.32. The Bertz CT molecular complexity index is 1270. The van der Waals surface area contributed by atoms with Gasteiger partial charge in [0.25, 0.3) is 0 Å². The Morgan fingerprint density at radius 2 is 1.71 bits per heavy atom. The number of thioether (sulfide) groups is 1. The molecule has 4 aromatic rings. The van der Waals surface area contributed by atoms with Crippen LogP contribution in [0.5, 0.6) is 5.75 Å². The Balaban J connectivity index is 1.51. The first-order chi connectivity index (χ1) is 16.5. The molecule has 1 amide bonds. The minimum atomic E-state index is -0.555. The van der Waals surface area contributed by atoms with Crippen LogP contribution >= 0.6 is 11.8 Å². The second-order valence-corrected chi connectivity index (χ2v) is 8.80. The van der Waals surface area contributed by atoms with Gasteiger partial charge in [-0.25, -0.2) is 4.98 Å². The molecule has 0 spiro atoms. The van der Waals surface area contributed by atoms with E-state index >= 15 is 0 Å². The van der Waals surface area contributed by atoms with E-state index in [1.54, 1.807) is 0 Å². The number of amides is 1. The number of para-hydroxylation sites is 2. The van der Waals surface area contributed by atoms with Crippen LogP contribution in [0, 0.1) is 0 Å². The summed E-state index contributed by atoms with van der Waals surface area (Å²) in [7, 11) is 0. The number of carbonyl (C=O) groups excluding carboxylic acids is 2. The molecule has 0 bridgehead atoms. The number of hydrogen-bond donors (Lipinski definition) is 1.